The Balaban J connectivity index is 2.09. The van der Waals surface area contributed by atoms with E-state index in [1.807, 2.05) is 30.3 Å². The quantitative estimate of drug-likeness (QED) is 0.641. The molecule has 16 heavy (non-hydrogen) atoms. The zero-order valence-corrected chi connectivity index (χ0v) is 10.4. The van der Waals surface area contributed by atoms with Gasteiger partial charge in [-0.05, 0) is 12.0 Å². The normalized spacial score (nSPS) is 12.6. The van der Waals surface area contributed by atoms with E-state index in [0.29, 0.717) is 0 Å². The Bertz CT molecular complexity index is 255. The molecule has 1 aromatic rings. The average molecular weight is 220 g/mol. The number of hydrogen-bond donors (Lipinski definition) is 1. The van der Waals surface area contributed by atoms with Crippen molar-refractivity contribution in [2.45, 2.75) is 58.0 Å². The molecule has 1 atom stereocenters. The summed E-state index contributed by atoms with van der Waals surface area (Å²) >= 11 is 0. The molecule has 0 aliphatic rings. The molecule has 0 heterocycles. The molecule has 0 aliphatic carbocycles. The molecular weight excluding hydrogens is 196 g/mol. The van der Waals surface area contributed by atoms with Crippen LogP contribution >= 0.6 is 0 Å². The molecule has 1 heteroatoms. The minimum atomic E-state index is -0.271. The maximum atomic E-state index is 9.92. The van der Waals surface area contributed by atoms with Gasteiger partial charge in [-0.25, -0.2) is 0 Å². The first kappa shape index (κ1) is 13.2. The Hall–Kier alpha value is -0.820. The molecule has 1 aromatic carbocycles. The van der Waals surface area contributed by atoms with Crippen molar-refractivity contribution >= 4 is 0 Å². The molecular formula is C15H24O. The average Bonchev–Trinajstić information content (AvgIpc) is 2.34. The Morgan fingerprint density at radius 2 is 1.56 bits per heavy atom. The molecule has 0 radical (unpaired) electrons. The number of benzene rings is 1. The van der Waals surface area contributed by atoms with E-state index in [1.165, 1.54) is 32.1 Å². The van der Waals surface area contributed by atoms with Crippen LogP contribution in [0.25, 0.3) is 0 Å². The van der Waals surface area contributed by atoms with Crippen molar-refractivity contribution in [2.24, 2.45) is 0 Å². The van der Waals surface area contributed by atoms with Crippen molar-refractivity contribution in [2.75, 3.05) is 0 Å². The van der Waals surface area contributed by atoms with Crippen molar-refractivity contribution in [3.63, 3.8) is 0 Å². The van der Waals surface area contributed by atoms with E-state index >= 15 is 0 Å². The molecule has 1 rings (SSSR count). The molecule has 1 N–H and O–H groups in total. The molecule has 0 bridgehead atoms. The van der Waals surface area contributed by atoms with Crippen LogP contribution in [0.1, 0.15) is 63.5 Å². The van der Waals surface area contributed by atoms with Crippen molar-refractivity contribution in [1.29, 1.82) is 0 Å². The van der Waals surface area contributed by atoms with Crippen LogP contribution in [0.5, 0.6) is 0 Å². The van der Waals surface area contributed by atoms with Gasteiger partial charge in [-0.3, -0.25) is 0 Å². The topological polar surface area (TPSA) is 20.2 Å². The van der Waals surface area contributed by atoms with Crippen LogP contribution in [0.4, 0.5) is 0 Å². The van der Waals surface area contributed by atoms with Gasteiger partial charge in [0.1, 0.15) is 0 Å². The lowest BCUT2D eigenvalue weighted by Crippen LogP contribution is -1.96. The zero-order chi connectivity index (χ0) is 11.6. The van der Waals surface area contributed by atoms with E-state index in [2.05, 4.69) is 6.92 Å². The molecule has 1 nitrogen and oxygen atoms in total. The van der Waals surface area contributed by atoms with Crippen LogP contribution in [0.3, 0.4) is 0 Å². The van der Waals surface area contributed by atoms with Crippen molar-refractivity contribution in [3.05, 3.63) is 35.9 Å². The Kier molecular flexibility index (Phi) is 6.91. The predicted molar refractivity (Wildman–Crippen MR) is 69.4 cm³/mol. The van der Waals surface area contributed by atoms with Crippen molar-refractivity contribution in [1.82, 2.24) is 0 Å². The van der Waals surface area contributed by atoms with E-state index in [9.17, 15) is 5.11 Å². The summed E-state index contributed by atoms with van der Waals surface area (Å²) in [4.78, 5) is 0. The fourth-order valence-corrected chi connectivity index (χ4v) is 1.96. The molecule has 90 valence electrons. The SMILES string of the molecule is CCCCCCCC[C@@H](O)c1ccccc1. The lowest BCUT2D eigenvalue weighted by atomic mass is 10.0. The molecule has 0 aromatic heterocycles. The molecule has 0 fully saturated rings. The molecule has 0 aliphatic heterocycles. The summed E-state index contributed by atoms with van der Waals surface area (Å²) < 4.78 is 0. The number of hydrogen-bond acceptors (Lipinski definition) is 1. The highest BCUT2D eigenvalue weighted by atomic mass is 16.3. The fourth-order valence-electron chi connectivity index (χ4n) is 1.96. The van der Waals surface area contributed by atoms with Gasteiger partial charge in [-0.1, -0.05) is 75.8 Å². The second kappa shape index (κ2) is 8.35. The Morgan fingerprint density at radius 3 is 2.25 bits per heavy atom. The van der Waals surface area contributed by atoms with Crippen LogP contribution in [0.2, 0.25) is 0 Å². The van der Waals surface area contributed by atoms with Gasteiger partial charge in [0, 0.05) is 0 Å². The monoisotopic (exact) mass is 220 g/mol. The van der Waals surface area contributed by atoms with E-state index in [1.54, 1.807) is 0 Å². The third-order valence-electron chi connectivity index (χ3n) is 3.02. The lowest BCUT2D eigenvalue weighted by Gasteiger charge is -2.10. The van der Waals surface area contributed by atoms with Gasteiger partial charge < -0.3 is 5.11 Å². The largest absolute Gasteiger partial charge is 0.388 e. The van der Waals surface area contributed by atoms with Crippen LogP contribution < -0.4 is 0 Å². The fraction of sp³-hybridized carbons (Fsp3) is 0.600. The number of rotatable bonds is 8. The van der Waals surface area contributed by atoms with Gasteiger partial charge in [0.25, 0.3) is 0 Å². The third kappa shape index (κ3) is 5.32. The van der Waals surface area contributed by atoms with Crippen molar-refractivity contribution < 1.29 is 5.11 Å². The van der Waals surface area contributed by atoms with Gasteiger partial charge in [0.05, 0.1) is 6.10 Å². The van der Waals surface area contributed by atoms with Gasteiger partial charge in [0.15, 0.2) is 0 Å². The second-order valence-corrected chi connectivity index (χ2v) is 4.48. The summed E-state index contributed by atoms with van der Waals surface area (Å²) in [7, 11) is 0. The number of unbranched alkanes of at least 4 members (excludes halogenated alkanes) is 5. The summed E-state index contributed by atoms with van der Waals surface area (Å²) in [6.45, 7) is 2.24. The smallest absolute Gasteiger partial charge is 0.0790 e. The van der Waals surface area contributed by atoms with Gasteiger partial charge in [0.2, 0.25) is 0 Å². The highest BCUT2D eigenvalue weighted by Crippen LogP contribution is 2.19. The van der Waals surface area contributed by atoms with Gasteiger partial charge in [-0.15, -0.1) is 0 Å². The number of aliphatic hydroxyl groups is 1. The van der Waals surface area contributed by atoms with Crippen LogP contribution in [-0.2, 0) is 0 Å². The lowest BCUT2D eigenvalue weighted by molar-refractivity contribution is 0.163. The molecule has 0 spiro atoms. The minimum Gasteiger partial charge on any atom is -0.388 e. The molecule has 0 amide bonds. The van der Waals surface area contributed by atoms with E-state index in [-0.39, 0.29) is 6.10 Å². The van der Waals surface area contributed by atoms with Crippen LogP contribution in [0.15, 0.2) is 30.3 Å². The number of aliphatic hydroxyl groups excluding tert-OH is 1. The first-order valence-corrected chi connectivity index (χ1v) is 6.57. The maximum absolute atomic E-state index is 9.92. The summed E-state index contributed by atoms with van der Waals surface area (Å²) in [6.07, 6.45) is 8.33. The maximum Gasteiger partial charge on any atom is 0.0790 e. The standard InChI is InChI=1S/C15H24O/c1-2-3-4-5-6-10-13-15(16)14-11-8-7-9-12-14/h7-9,11-12,15-16H,2-6,10,13H2,1H3/t15-/m1/s1. The van der Waals surface area contributed by atoms with Crippen LogP contribution in [-0.4, -0.2) is 5.11 Å². The van der Waals surface area contributed by atoms with Gasteiger partial charge >= 0.3 is 0 Å². The minimum absolute atomic E-state index is 0.271. The highest BCUT2D eigenvalue weighted by Gasteiger charge is 2.05. The first-order valence-electron chi connectivity index (χ1n) is 6.57. The van der Waals surface area contributed by atoms with Crippen LogP contribution in [0, 0.1) is 0 Å². The second-order valence-electron chi connectivity index (χ2n) is 4.48. The highest BCUT2D eigenvalue weighted by molar-refractivity contribution is 5.16. The Labute approximate surface area is 99.5 Å². The van der Waals surface area contributed by atoms with Crippen molar-refractivity contribution in [3.8, 4) is 0 Å². The summed E-state index contributed by atoms with van der Waals surface area (Å²) in [5.41, 5.74) is 1.05. The first-order chi connectivity index (χ1) is 7.84. The van der Waals surface area contributed by atoms with E-state index < -0.39 is 0 Å². The zero-order valence-electron chi connectivity index (χ0n) is 10.4. The van der Waals surface area contributed by atoms with Gasteiger partial charge in [-0.2, -0.15) is 0 Å². The Morgan fingerprint density at radius 1 is 0.938 bits per heavy atom. The predicted octanol–water partition coefficient (Wildman–Crippen LogP) is 4.47. The molecule has 0 unspecified atom stereocenters. The third-order valence-corrected chi connectivity index (χ3v) is 3.02. The molecule has 0 saturated heterocycles. The summed E-state index contributed by atoms with van der Waals surface area (Å²) in [5, 5.41) is 9.92. The van der Waals surface area contributed by atoms with E-state index in [0.717, 1.165) is 18.4 Å². The van der Waals surface area contributed by atoms with E-state index in [4.69, 9.17) is 0 Å². The summed E-state index contributed by atoms with van der Waals surface area (Å²) in [5.74, 6) is 0. The molecule has 0 saturated carbocycles. The summed E-state index contributed by atoms with van der Waals surface area (Å²) in [6, 6.07) is 9.96.